The molecule has 1 aromatic rings. The van der Waals surface area contributed by atoms with Crippen molar-refractivity contribution in [3.8, 4) is 6.07 Å². The van der Waals surface area contributed by atoms with Crippen LogP contribution in [0.25, 0.3) is 0 Å². The van der Waals surface area contributed by atoms with Crippen LogP contribution in [0.1, 0.15) is 31.5 Å². The Kier molecular flexibility index (Phi) is 5.76. The summed E-state index contributed by atoms with van der Waals surface area (Å²) in [5.41, 5.74) is 1.76. The summed E-state index contributed by atoms with van der Waals surface area (Å²) in [7, 11) is 1.73. The van der Waals surface area contributed by atoms with E-state index in [-0.39, 0.29) is 5.41 Å². The first-order valence-corrected chi connectivity index (χ1v) is 6.12. The summed E-state index contributed by atoms with van der Waals surface area (Å²) in [6.07, 6.45) is 2.70. The van der Waals surface area contributed by atoms with Crippen molar-refractivity contribution in [1.82, 2.24) is 10.3 Å². The number of pyridine rings is 1. The normalized spacial score (nSPS) is 11.2. The Morgan fingerprint density at radius 1 is 1.50 bits per heavy atom. The van der Waals surface area contributed by atoms with E-state index in [0.717, 1.165) is 31.7 Å². The first-order chi connectivity index (χ1) is 8.57. The summed E-state index contributed by atoms with van der Waals surface area (Å²) in [4.78, 5) is 3.95. The van der Waals surface area contributed by atoms with Crippen LogP contribution in [0.5, 0.6) is 0 Å². The van der Waals surface area contributed by atoms with Gasteiger partial charge in [-0.15, -0.1) is 0 Å². The van der Waals surface area contributed by atoms with Gasteiger partial charge in [-0.25, -0.2) is 4.98 Å². The van der Waals surface area contributed by atoms with E-state index in [1.807, 2.05) is 18.2 Å². The first kappa shape index (κ1) is 14.6. The predicted octanol–water partition coefficient (Wildman–Crippen LogP) is 2.11. The van der Waals surface area contributed by atoms with Crippen molar-refractivity contribution in [2.75, 3.05) is 20.3 Å². The maximum absolute atomic E-state index is 8.77. The molecular formula is C14H21N3O. The van der Waals surface area contributed by atoms with Crippen LogP contribution < -0.4 is 5.32 Å². The quantitative estimate of drug-likeness (QED) is 0.801. The van der Waals surface area contributed by atoms with E-state index in [2.05, 4.69) is 24.1 Å². The highest BCUT2D eigenvalue weighted by molar-refractivity contribution is 5.25. The van der Waals surface area contributed by atoms with Gasteiger partial charge in [0.25, 0.3) is 0 Å². The molecule has 0 spiro atoms. The van der Waals surface area contributed by atoms with Crippen LogP contribution in [0.4, 0.5) is 0 Å². The lowest BCUT2D eigenvalue weighted by Gasteiger charge is -2.24. The molecule has 0 aliphatic carbocycles. The Hall–Kier alpha value is -1.44. The zero-order valence-electron chi connectivity index (χ0n) is 11.4. The van der Waals surface area contributed by atoms with Gasteiger partial charge in [0.1, 0.15) is 11.8 Å². The van der Waals surface area contributed by atoms with Crippen molar-refractivity contribution < 1.29 is 4.74 Å². The number of nitrogens with zero attached hydrogens (tertiary/aromatic N) is 2. The summed E-state index contributed by atoms with van der Waals surface area (Å²) in [5.74, 6) is 0. The van der Waals surface area contributed by atoms with Gasteiger partial charge in [0.15, 0.2) is 0 Å². The Morgan fingerprint density at radius 3 is 2.94 bits per heavy atom. The lowest BCUT2D eigenvalue weighted by atomic mass is 9.89. The second-order valence-corrected chi connectivity index (χ2v) is 5.17. The zero-order chi connectivity index (χ0) is 13.4. The van der Waals surface area contributed by atoms with Crippen molar-refractivity contribution in [3.63, 3.8) is 0 Å². The molecule has 0 aliphatic heterocycles. The lowest BCUT2D eigenvalue weighted by molar-refractivity contribution is 0.150. The molecule has 4 heteroatoms. The van der Waals surface area contributed by atoms with Gasteiger partial charge in [0, 0.05) is 33.0 Å². The van der Waals surface area contributed by atoms with Crippen molar-refractivity contribution in [2.24, 2.45) is 5.41 Å². The molecule has 0 bridgehead atoms. The average Bonchev–Trinajstić information content (AvgIpc) is 2.36. The van der Waals surface area contributed by atoms with E-state index >= 15 is 0 Å². The molecule has 4 nitrogen and oxygen atoms in total. The maximum atomic E-state index is 8.77. The fraction of sp³-hybridized carbons (Fsp3) is 0.571. The smallest absolute Gasteiger partial charge is 0.140 e. The van der Waals surface area contributed by atoms with E-state index < -0.39 is 0 Å². The number of hydrogen-bond acceptors (Lipinski definition) is 4. The molecule has 1 rings (SSSR count). The molecule has 0 saturated heterocycles. The Bertz CT molecular complexity index is 410. The SMILES string of the molecule is COCCC(C)(C)CNCc1ccnc(C#N)c1. The maximum Gasteiger partial charge on any atom is 0.140 e. The Labute approximate surface area is 109 Å². The minimum absolute atomic E-state index is 0.209. The van der Waals surface area contributed by atoms with Gasteiger partial charge in [0.2, 0.25) is 0 Å². The summed E-state index contributed by atoms with van der Waals surface area (Å²) >= 11 is 0. The fourth-order valence-corrected chi connectivity index (χ4v) is 1.66. The largest absolute Gasteiger partial charge is 0.385 e. The molecule has 0 aliphatic rings. The van der Waals surface area contributed by atoms with Crippen LogP contribution in [-0.2, 0) is 11.3 Å². The average molecular weight is 247 g/mol. The van der Waals surface area contributed by atoms with Crippen LogP contribution in [0, 0.1) is 16.7 Å². The monoisotopic (exact) mass is 247 g/mol. The van der Waals surface area contributed by atoms with Crippen molar-refractivity contribution in [1.29, 1.82) is 5.26 Å². The number of nitriles is 1. The van der Waals surface area contributed by atoms with E-state index in [0.29, 0.717) is 5.69 Å². The van der Waals surface area contributed by atoms with Crippen molar-refractivity contribution in [2.45, 2.75) is 26.8 Å². The first-order valence-electron chi connectivity index (χ1n) is 6.12. The molecule has 0 unspecified atom stereocenters. The number of ether oxygens (including phenoxy) is 1. The molecule has 98 valence electrons. The molecule has 0 radical (unpaired) electrons. The van der Waals surface area contributed by atoms with Gasteiger partial charge in [-0.05, 0) is 29.5 Å². The van der Waals surface area contributed by atoms with Crippen LogP contribution in [0.2, 0.25) is 0 Å². The molecule has 1 N–H and O–H groups in total. The molecule has 0 atom stereocenters. The molecule has 18 heavy (non-hydrogen) atoms. The predicted molar refractivity (Wildman–Crippen MR) is 70.9 cm³/mol. The molecular weight excluding hydrogens is 226 g/mol. The zero-order valence-corrected chi connectivity index (χ0v) is 11.4. The third kappa shape index (κ3) is 5.26. The molecule has 0 aromatic carbocycles. The third-order valence-corrected chi connectivity index (χ3v) is 2.85. The van der Waals surface area contributed by atoms with E-state index in [4.69, 9.17) is 10.00 Å². The van der Waals surface area contributed by atoms with Gasteiger partial charge in [-0.2, -0.15) is 5.26 Å². The molecule has 1 heterocycles. The molecule has 0 saturated carbocycles. The fourth-order valence-electron chi connectivity index (χ4n) is 1.66. The number of methoxy groups -OCH3 is 1. The molecule has 0 amide bonds. The second-order valence-electron chi connectivity index (χ2n) is 5.17. The summed E-state index contributed by atoms with van der Waals surface area (Å²) in [5, 5.41) is 12.2. The number of hydrogen-bond donors (Lipinski definition) is 1. The van der Waals surface area contributed by atoms with Crippen molar-refractivity contribution in [3.05, 3.63) is 29.6 Å². The highest BCUT2D eigenvalue weighted by Gasteiger charge is 2.16. The minimum atomic E-state index is 0.209. The van der Waals surface area contributed by atoms with Crippen LogP contribution in [0.3, 0.4) is 0 Å². The summed E-state index contributed by atoms with van der Waals surface area (Å²) in [6.45, 7) is 6.88. The summed E-state index contributed by atoms with van der Waals surface area (Å²) < 4.78 is 5.10. The van der Waals surface area contributed by atoms with Gasteiger partial charge >= 0.3 is 0 Å². The van der Waals surface area contributed by atoms with E-state index in [1.54, 1.807) is 13.3 Å². The molecule has 0 fully saturated rings. The van der Waals surface area contributed by atoms with Crippen molar-refractivity contribution >= 4 is 0 Å². The number of rotatable bonds is 7. The van der Waals surface area contributed by atoms with Crippen LogP contribution in [-0.4, -0.2) is 25.2 Å². The van der Waals surface area contributed by atoms with Gasteiger partial charge < -0.3 is 10.1 Å². The number of nitrogens with one attached hydrogen (secondary N) is 1. The Balaban J connectivity index is 2.39. The topological polar surface area (TPSA) is 57.9 Å². The highest BCUT2D eigenvalue weighted by Crippen LogP contribution is 2.18. The standard InChI is InChI=1S/C14H21N3O/c1-14(2,5-7-18-3)11-16-10-12-4-6-17-13(8-12)9-15/h4,6,8,16H,5,7,10-11H2,1-3H3. The number of aromatic nitrogens is 1. The second kappa shape index (κ2) is 7.10. The van der Waals surface area contributed by atoms with Gasteiger partial charge in [-0.1, -0.05) is 13.8 Å². The van der Waals surface area contributed by atoms with Crippen LogP contribution in [0.15, 0.2) is 18.3 Å². The lowest BCUT2D eigenvalue weighted by Crippen LogP contribution is -2.30. The van der Waals surface area contributed by atoms with E-state index in [9.17, 15) is 0 Å². The summed E-state index contributed by atoms with van der Waals surface area (Å²) in [6, 6.07) is 5.79. The van der Waals surface area contributed by atoms with Crippen LogP contribution >= 0.6 is 0 Å². The highest BCUT2D eigenvalue weighted by atomic mass is 16.5. The van der Waals surface area contributed by atoms with Gasteiger partial charge in [-0.3, -0.25) is 0 Å². The molecule has 1 aromatic heterocycles. The Morgan fingerprint density at radius 2 is 2.28 bits per heavy atom. The third-order valence-electron chi connectivity index (χ3n) is 2.85. The van der Waals surface area contributed by atoms with E-state index in [1.165, 1.54) is 0 Å². The van der Waals surface area contributed by atoms with Gasteiger partial charge in [0.05, 0.1) is 0 Å². The minimum Gasteiger partial charge on any atom is -0.385 e.